The van der Waals surface area contributed by atoms with Crippen molar-refractivity contribution in [3.63, 3.8) is 0 Å². The zero-order valence-corrected chi connectivity index (χ0v) is 13.6. The average molecular weight is 269 g/mol. The van der Waals surface area contributed by atoms with Crippen LogP contribution in [0.15, 0.2) is 0 Å². The van der Waals surface area contributed by atoms with Gasteiger partial charge in [0.1, 0.15) is 0 Å². The van der Waals surface area contributed by atoms with Gasteiger partial charge in [-0.25, -0.2) is 0 Å². The fourth-order valence-corrected chi connectivity index (χ4v) is 3.91. The van der Waals surface area contributed by atoms with Gasteiger partial charge in [0.05, 0.1) is 5.60 Å². The highest BCUT2D eigenvalue weighted by molar-refractivity contribution is 4.97. The van der Waals surface area contributed by atoms with Crippen LogP contribution in [0.3, 0.4) is 0 Å². The van der Waals surface area contributed by atoms with Crippen molar-refractivity contribution in [2.75, 3.05) is 13.2 Å². The van der Waals surface area contributed by atoms with E-state index in [1.807, 2.05) is 0 Å². The lowest BCUT2D eigenvalue weighted by molar-refractivity contribution is -0.0888. The van der Waals surface area contributed by atoms with Crippen LogP contribution in [0.5, 0.6) is 0 Å². The minimum Gasteiger partial charge on any atom is -0.374 e. The molecule has 19 heavy (non-hydrogen) atoms. The smallest absolute Gasteiger partial charge is 0.0837 e. The highest BCUT2D eigenvalue weighted by Crippen LogP contribution is 2.37. The summed E-state index contributed by atoms with van der Waals surface area (Å²) in [5.41, 5.74) is 0.0931. The SMILES string of the molecule is CCCC(C)C(NCC)C1(OCC)CCCCCC1. The van der Waals surface area contributed by atoms with Gasteiger partial charge in [0, 0.05) is 12.6 Å². The number of hydrogen-bond donors (Lipinski definition) is 1. The summed E-state index contributed by atoms with van der Waals surface area (Å²) in [5, 5.41) is 3.77. The van der Waals surface area contributed by atoms with Crippen molar-refractivity contribution in [3.05, 3.63) is 0 Å². The first-order valence-electron chi connectivity index (χ1n) is 8.57. The summed E-state index contributed by atoms with van der Waals surface area (Å²) in [5.74, 6) is 0.703. The third-order valence-electron chi connectivity index (χ3n) is 4.69. The van der Waals surface area contributed by atoms with Gasteiger partial charge in [0.25, 0.3) is 0 Å². The second kappa shape index (κ2) is 8.97. The van der Waals surface area contributed by atoms with Crippen molar-refractivity contribution in [1.29, 1.82) is 0 Å². The van der Waals surface area contributed by atoms with Gasteiger partial charge in [-0.3, -0.25) is 0 Å². The summed E-state index contributed by atoms with van der Waals surface area (Å²) in [4.78, 5) is 0. The molecule has 0 radical (unpaired) electrons. The normalized spacial score (nSPS) is 22.7. The van der Waals surface area contributed by atoms with E-state index < -0.39 is 0 Å². The zero-order chi connectivity index (χ0) is 14.1. The first-order valence-corrected chi connectivity index (χ1v) is 8.57. The molecule has 1 N–H and O–H groups in total. The van der Waals surface area contributed by atoms with Gasteiger partial charge in [0.15, 0.2) is 0 Å². The zero-order valence-electron chi connectivity index (χ0n) is 13.6. The molecule has 0 aliphatic heterocycles. The minimum absolute atomic E-state index is 0.0931. The number of ether oxygens (including phenoxy) is 1. The Morgan fingerprint density at radius 3 is 2.16 bits per heavy atom. The number of nitrogens with one attached hydrogen (secondary N) is 1. The molecular weight excluding hydrogens is 234 g/mol. The third kappa shape index (κ3) is 4.75. The molecule has 0 bridgehead atoms. The van der Waals surface area contributed by atoms with Crippen molar-refractivity contribution in [2.24, 2.45) is 5.92 Å². The fourth-order valence-electron chi connectivity index (χ4n) is 3.91. The van der Waals surface area contributed by atoms with E-state index in [0.29, 0.717) is 12.0 Å². The van der Waals surface area contributed by atoms with E-state index in [1.165, 1.54) is 51.4 Å². The molecule has 1 saturated carbocycles. The molecule has 2 nitrogen and oxygen atoms in total. The molecule has 0 aromatic heterocycles. The highest BCUT2D eigenvalue weighted by atomic mass is 16.5. The van der Waals surface area contributed by atoms with Crippen molar-refractivity contribution >= 4 is 0 Å². The Hall–Kier alpha value is -0.0800. The maximum atomic E-state index is 6.37. The first-order chi connectivity index (χ1) is 9.20. The summed E-state index contributed by atoms with van der Waals surface area (Å²) in [6, 6.07) is 0.524. The lowest BCUT2D eigenvalue weighted by Gasteiger charge is -2.43. The molecule has 1 aliphatic carbocycles. The molecule has 0 saturated heterocycles. The molecule has 0 spiro atoms. The molecule has 0 heterocycles. The standard InChI is InChI=1S/C17H35NO/c1-5-12-15(4)16(18-6-2)17(19-7-3)13-10-8-9-11-14-17/h15-16,18H,5-14H2,1-4H3. The molecule has 0 aromatic carbocycles. The molecule has 1 rings (SSSR count). The lowest BCUT2D eigenvalue weighted by Crippen LogP contribution is -2.55. The van der Waals surface area contributed by atoms with Gasteiger partial charge in [-0.2, -0.15) is 0 Å². The van der Waals surface area contributed by atoms with E-state index >= 15 is 0 Å². The number of rotatable bonds is 8. The highest BCUT2D eigenvalue weighted by Gasteiger charge is 2.41. The summed E-state index contributed by atoms with van der Waals surface area (Å²) >= 11 is 0. The van der Waals surface area contributed by atoms with Gasteiger partial charge < -0.3 is 10.1 Å². The van der Waals surface area contributed by atoms with Crippen LogP contribution in [0.4, 0.5) is 0 Å². The van der Waals surface area contributed by atoms with Crippen LogP contribution in [0.25, 0.3) is 0 Å². The van der Waals surface area contributed by atoms with Crippen molar-refractivity contribution in [3.8, 4) is 0 Å². The molecular formula is C17H35NO. The van der Waals surface area contributed by atoms with Crippen LogP contribution in [0.2, 0.25) is 0 Å². The maximum Gasteiger partial charge on any atom is 0.0837 e. The molecule has 0 aromatic rings. The molecule has 114 valence electrons. The molecule has 1 aliphatic rings. The Morgan fingerprint density at radius 2 is 1.68 bits per heavy atom. The largest absolute Gasteiger partial charge is 0.374 e. The molecule has 2 unspecified atom stereocenters. The van der Waals surface area contributed by atoms with E-state index in [1.54, 1.807) is 0 Å². The summed E-state index contributed by atoms with van der Waals surface area (Å²) in [7, 11) is 0. The van der Waals surface area contributed by atoms with Crippen molar-refractivity contribution in [2.45, 2.75) is 90.7 Å². The second-order valence-electron chi connectivity index (χ2n) is 6.21. The first kappa shape index (κ1) is 17.0. The summed E-state index contributed by atoms with van der Waals surface area (Å²) < 4.78 is 6.37. The van der Waals surface area contributed by atoms with E-state index in [4.69, 9.17) is 4.74 Å². The molecule has 2 atom stereocenters. The van der Waals surface area contributed by atoms with Gasteiger partial charge >= 0.3 is 0 Å². The van der Waals surface area contributed by atoms with Gasteiger partial charge in [-0.1, -0.05) is 52.9 Å². The van der Waals surface area contributed by atoms with E-state index in [2.05, 4.69) is 33.0 Å². The quantitative estimate of drug-likeness (QED) is 0.654. The van der Waals surface area contributed by atoms with E-state index in [0.717, 1.165) is 13.2 Å². The van der Waals surface area contributed by atoms with Crippen molar-refractivity contribution < 1.29 is 4.74 Å². The summed E-state index contributed by atoms with van der Waals surface area (Å²) in [6.45, 7) is 11.0. The van der Waals surface area contributed by atoms with Crippen molar-refractivity contribution in [1.82, 2.24) is 5.32 Å². The van der Waals surface area contributed by atoms with Gasteiger partial charge in [0.2, 0.25) is 0 Å². The van der Waals surface area contributed by atoms with Gasteiger partial charge in [-0.05, 0) is 38.6 Å². The predicted octanol–water partition coefficient (Wildman–Crippen LogP) is 4.53. The van der Waals surface area contributed by atoms with Crippen LogP contribution in [0.1, 0.15) is 79.1 Å². The summed E-state index contributed by atoms with van der Waals surface area (Å²) in [6.07, 6.45) is 10.5. The second-order valence-corrected chi connectivity index (χ2v) is 6.21. The van der Waals surface area contributed by atoms with Crippen LogP contribution >= 0.6 is 0 Å². The third-order valence-corrected chi connectivity index (χ3v) is 4.69. The van der Waals surface area contributed by atoms with Crippen LogP contribution in [0, 0.1) is 5.92 Å². The van der Waals surface area contributed by atoms with E-state index in [9.17, 15) is 0 Å². The number of hydrogen-bond acceptors (Lipinski definition) is 2. The Morgan fingerprint density at radius 1 is 1.05 bits per heavy atom. The van der Waals surface area contributed by atoms with Crippen LogP contribution in [-0.2, 0) is 4.74 Å². The van der Waals surface area contributed by atoms with E-state index in [-0.39, 0.29) is 5.60 Å². The van der Waals surface area contributed by atoms with Crippen LogP contribution < -0.4 is 5.32 Å². The maximum absolute atomic E-state index is 6.37. The van der Waals surface area contributed by atoms with Gasteiger partial charge in [-0.15, -0.1) is 0 Å². The molecule has 1 fully saturated rings. The van der Waals surface area contributed by atoms with Crippen LogP contribution in [-0.4, -0.2) is 24.8 Å². The Labute approximate surface area is 120 Å². The Bertz CT molecular complexity index is 221. The number of likely N-dealkylation sites (N-methyl/N-ethyl adjacent to an activating group) is 1. The predicted molar refractivity (Wildman–Crippen MR) is 83.6 cm³/mol. The average Bonchev–Trinajstić information content (AvgIpc) is 2.63. The lowest BCUT2D eigenvalue weighted by atomic mass is 9.78. The minimum atomic E-state index is 0.0931. The topological polar surface area (TPSA) is 21.3 Å². The fraction of sp³-hybridized carbons (Fsp3) is 1.00. The monoisotopic (exact) mass is 269 g/mol. The Balaban J connectivity index is 2.88. The Kier molecular flexibility index (Phi) is 8.01. The molecule has 0 amide bonds. The molecule has 2 heteroatoms.